The third-order valence-corrected chi connectivity index (χ3v) is 3.53. The van der Waals surface area contributed by atoms with E-state index in [1.54, 1.807) is 0 Å². The summed E-state index contributed by atoms with van der Waals surface area (Å²) in [5, 5.41) is 0. The highest BCUT2D eigenvalue weighted by Crippen LogP contribution is 2.23. The highest BCUT2D eigenvalue weighted by atomic mass is 16.2. The van der Waals surface area contributed by atoms with Crippen molar-refractivity contribution in [2.75, 3.05) is 18.0 Å². The minimum absolute atomic E-state index is 0.212. The number of para-hydroxylation sites is 1. The molecule has 1 fully saturated rings. The van der Waals surface area contributed by atoms with Crippen molar-refractivity contribution in [3.8, 4) is 0 Å². The Bertz CT molecular complexity index is 417. The van der Waals surface area contributed by atoms with Crippen molar-refractivity contribution in [3.05, 3.63) is 30.3 Å². The average molecular weight is 245 g/mol. The number of hydrogen-bond donors (Lipinski definition) is 0. The maximum atomic E-state index is 12.2. The Kier molecular flexibility index (Phi) is 4.13. The van der Waals surface area contributed by atoms with Gasteiger partial charge in [-0.1, -0.05) is 25.1 Å². The molecule has 0 spiro atoms. The van der Waals surface area contributed by atoms with Crippen LogP contribution in [0.25, 0.3) is 0 Å². The number of benzene rings is 1. The van der Waals surface area contributed by atoms with Crippen molar-refractivity contribution in [1.82, 2.24) is 0 Å². The summed E-state index contributed by atoms with van der Waals surface area (Å²) in [6, 6.07) is 10.3. The monoisotopic (exact) mass is 245 g/mol. The lowest BCUT2D eigenvalue weighted by atomic mass is 10.0. The standard InChI is InChI=1S/C15H21N2O/c1-3-15(18)17(13-7-5-4-6-8-13)14-9-11-16(2)12-10-14/h4-8,14H,2-3,9-12H2,1H3/q+1. The second kappa shape index (κ2) is 5.80. The lowest BCUT2D eigenvalue weighted by Gasteiger charge is -2.33. The summed E-state index contributed by atoms with van der Waals surface area (Å²) < 4.78 is 2.08. The van der Waals surface area contributed by atoms with Gasteiger partial charge in [-0.25, -0.2) is 4.58 Å². The molecule has 2 rings (SSSR count). The van der Waals surface area contributed by atoms with Crippen molar-refractivity contribution in [1.29, 1.82) is 0 Å². The van der Waals surface area contributed by atoms with Crippen molar-refractivity contribution in [2.24, 2.45) is 0 Å². The van der Waals surface area contributed by atoms with Gasteiger partial charge in [-0.3, -0.25) is 4.79 Å². The molecule has 18 heavy (non-hydrogen) atoms. The molecule has 1 aliphatic rings. The number of carbonyl (C=O) groups is 1. The largest absolute Gasteiger partial charge is 0.309 e. The maximum Gasteiger partial charge on any atom is 0.226 e. The second-order valence-electron chi connectivity index (χ2n) is 4.80. The van der Waals surface area contributed by atoms with E-state index in [-0.39, 0.29) is 5.91 Å². The molecule has 3 heteroatoms. The van der Waals surface area contributed by atoms with E-state index < -0.39 is 0 Å². The fourth-order valence-electron chi connectivity index (χ4n) is 2.49. The fourth-order valence-corrected chi connectivity index (χ4v) is 2.49. The van der Waals surface area contributed by atoms with Gasteiger partial charge in [0.25, 0.3) is 0 Å². The first-order valence-electron chi connectivity index (χ1n) is 6.65. The molecule has 1 aromatic carbocycles. The minimum atomic E-state index is 0.212. The van der Waals surface area contributed by atoms with Gasteiger partial charge in [0.05, 0.1) is 0 Å². The number of piperidine rings is 1. The van der Waals surface area contributed by atoms with Crippen LogP contribution in [0.4, 0.5) is 5.69 Å². The predicted octanol–water partition coefficient (Wildman–Crippen LogP) is 2.31. The average Bonchev–Trinajstić information content (AvgIpc) is 2.42. The molecule has 1 aromatic rings. The maximum absolute atomic E-state index is 12.2. The van der Waals surface area contributed by atoms with Crippen molar-refractivity contribution in [3.63, 3.8) is 0 Å². The van der Waals surface area contributed by atoms with Gasteiger partial charge in [-0.15, -0.1) is 0 Å². The molecule has 3 nitrogen and oxygen atoms in total. The molecule has 1 amide bonds. The molecular formula is C15H21N2O+. The zero-order valence-electron chi connectivity index (χ0n) is 11.0. The smallest absolute Gasteiger partial charge is 0.226 e. The summed E-state index contributed by atoms with van der Waals surface area (Å²) in [5.41, 5.74) is 1.02. The van der Waals surface area contributed by atoms with Crippen LogP contribution in [0.1, 0.15) is 26.2 Å². The highest BCUT2D eigenvalue weighted by Gasteiger charge is 2.29. The van der Waals surface area contributed by atoms with Gasteiger partial charge >= 0.3 is 0 Å². The molecule has 1 heterocycles. The lowest BCUT2D eigenvalue weighted by molar-refractivity contribution is -0.529. The van der Waals surface area contributed by atoms with Crippen LogP contribution in [0.5, 0.6) is 0 Å². The number of amides is 1. The third kappa shape index (κ3) is 2.78. The third-order valence-electron chi connectivity index (χ3n) is 3.53. The van der Waals surface area contributed by atoms with Crippen LogP contribution >= 0.6 is 0 Å². The minimum Gasteiger partial charge on any atom is -0.309 e. The van der Waals surface area contributed by atoms with E-state index in [4.69, 9.17) is 0 Å². The molecule has 0 aliphatic carbocycles. The van der Waals surface area contributed by atoms with Gasteiger partial charge in [0.2, 0.25) is 5.91 Å². The van der Waals surface area contributed by atoms with E-state index in [9.17, 15) is 4.79 Å². The summed E-state index contributed by atoms with van der Waals surface area (Å²) in [5.74, 6) is 0.212. The summed E-state index contributed by atoms with van der Waals surface area (Å²) in [6.45, 7) is 7.81. The summed E-state index contributed by atoms with van der Waals surface area (Å²) >= 11 is 0. The Balaban J connectivity index is 2.21. The molecule has 96 valence electrons. The van der Waals surface area contributed by atoms with Crippen LogP contribution in [0.3, 0.4) is 0 Å². The molecule has 0 unspecified atom stereocenters. The Morgan fingerprint density at radius 2 is 1.94 bits per heavy atom. The number of carbonyl (C=O) groups excluding carboxylic acids is 1. The first-order valence-corrected chi connectivity index (χ1v) is 6.65. The Hall–Kier alpha value is -1.64. The first-order chi connectivity index (χ1) is 8.72. The molecule has 0 saturated carbocycles. The number of nitrogens with zero attached hydrogens (tertiary/aromatic N) is 2. The Morgan fingerprint density at radius 1 is 1.33 bits per heavy atom. The van der Waals surface area contributed by atoms with Crippen LogP contribution in [0.2, 0.25) is 0 Å². The SMILES string of the molecule is C=[N+]1CCC(N(C(=O)CC)c2ccccc2)CC1. The topological polar surface area (TPSA) is 23.3 Å². The van der Waals surface area contributed by atoms with E-state index in [1.165, 1.54) is 0 Å². The van der Waals surface area contributed by atoms with Crippen LogP contribution in [-0.2, 0) is 4.79 Å². The van der Waals surface area contributed by atoms with Crippen molar-refractivity contribution >= 4 is 18.3 Å². The predicted molar refractivity (Wildman–Crippen MR) is 74.4 cm³/mol. The quantitative estimate of drug-likeness (QED) is 0.749. The molecule has 0 aromatic heterocycles. The van der Waals surface area contributed by atoms with Crippen LogP contribution < -0.4 is 4.90 Å². The first kappa shape index (κ1) is 12.8. The fraction of sp³-hybridized carbons (Fsp3) is 0.467. The van der Waals surface area contributed by atoms with Crippen LogP contribution in [0, 0.1) is 0 Å². The van der Waals surface area contributed by atoms with Gasteiger partial charge in [-0.05, 0) is 12.1 Å². The molecule has 0 atom stereocenters. The molecule has 0 bridgehead atoms. The molecular weight excluding hydrogens is 224 g/mol. The Labute approximate surface area is 109 Å². The van der Waals surface area contributed by atoms with Gasteiger partial charge in [0.15, 0.2) is 0 Å². The highest BCUT2D eigenvalue weighted by molar-refractivity contribution is 5.93. The normalized spacial score (nSPS) is 16.6. The number of anilines is 1. The van der Waals surface area contributed by atoms with Gasteiger partial charge in [0, 0.05) is 31.0 Å². The molecule has 0 N–H and O–H groups in total. The van der Waals surface area contributed by atoms with E-state index in [0.29, 0.717) is 12.5 Å². The van der Waals surface area contributed by atoms with Crippen molar-refractivity contribution in [2.45, 2.75) is 32.2 Å². The van der Waals surface area contributed by atoms with Gasteiger partial charge in [0.1, 0.15) is 19.8 Å². The molecule has 1 saturated heterocycles. The van der Waals surface area contributed by atoms with E-state index in [2.05, 4.69) is 11.3 Å². The second-order valence-corrected chi connectivity index (χ2v) is 4.80. The van der Waals surface area contributed by atoms with Crippen LogP contribution in [-0.4, -0.2) is 36.3 Å². The zero-order valence-corrected chi connectivity index (χ0v) is 11.0. The van der Waals surface area contributed by atoms with E-state index in [0.717, 1.165) is 31.6 Å². The lowest BCUT2D eigenvalue weighted by Crippen LogP contribution is -2.45. The molecule has 0 radical (unpaired) electrons. The van der Waals surface area contributed by atoms with E-state index in [1.807, 2.05) is 42.2 Å². The Morgan fingerprint density at radius 3 is 2.50 bits per heavy atom. The number of hydrogen-bond acceptors (Lipinski definition) is 1. The van der Waals surface area contributed by atoms with Gasteiger partial charge in [-0.2, -0.15) is 0 Å². The summed E-state index contributed by atoms with van der Waals surface area (Å²) in [6.07, 6.45) is 2.56. The zero-order chi connectivity index (χ0) is 13.0. The number of rotatable bonds is 3. The van der Waals surface area contributed by atoms with Gasteiger partial charge < -0.3 is 4.90 Å². The van der Waals surface area contributed by atoms with Crippen molar-refractivity contribution < 1.29 is 9.37 Å². The summed E-state index contributed by atoms with van der Waals surface area (Å²) in [7, 11) is 0. The van der Waals surface area contributed by atoms with E-state index >= 15 is 0 Å². The summed E-state index contributed by atoms with van der Waals surface area (Å²) in [4.78, 5) is 14.2. The van der Waals surface area contributed by atoms with Crippen LogP contribution in [0.15, 0.2) is 30.3 Å². The molecule has 1 aliphatic heterocycles.